The van der Waals surface area contributed by atoms with Crippen LogP contribution in [0.25, 0.3) is 0 Å². The molecule has 1 rings (SSSR count). The molecule has 0 aromatic heterocycles. The van der Waals surface area contributed by atoms with Gasteiger partial charge in [-0.2, -0.15) is 13.2 Å². The third kappa shape index (κ3) is 6.55. The second kappa shape index (κ2) is 6.88. The topological polar surface area (TPSA) is 12.0 Å². The molecule has 1 nitrogen and oxygen atoms in total. The van der Waals surface area contributed by atoms with Crippen molar-refractivity contribution < 1.29 is 13.2 Å². The van der Waals surface area contributed by atoms with Gasteiger partial charge in [0.15, 0.2) is 0 Å². The van der Waals surface area contributed by atoms with E-state index in [2.05, 4.69) is 19.2 Å². The Morgan fingerprint density at radius 2 is 1.88 bits per heavy atom. The standard InChI is InChI=1S/C12H22F3NS/c1-9(2)7-16-8-11-4-3-10(11)5-6-17-12(13,14)15/h9-11,16H,3-8H2,1-2H3. The van der Waals surface area contributed by atoms with Crippen molar-refractivity contribution >= 4 is 11.8 Å². The molecule has 2 unspecified atom stereocenters. The highest BCUT2D eigenvalue weighted by molar-refractivity contribution is 8.00. The SMILES string of the molecule is CC(C)CNCC1CCC1CCSC(F)(F)F. The summed E-state index contributed by atoms with van der Waals surface area (Å²) in [6.45, 7) is 6.29. The maximum atomic E-state index is 12.0. The third-order valence-electron chi connectivity index (χ3n) is 3.29. The molecule has 2 atom stereocenters. The van der Waals surface area contributed by atoms with Crippen LogP contribution in [0.1, 0.15) is 33.1 Å². The summed E-state index contributed by atoms with van der Waals surface area (Å²) in [5, 5.41) is 3.39. The van der Waals surface area contributed by atoms with Gasteiger partial charge in [0.05, 0.1) is 0 Å². The van der Waals surface area contributed by atoms with Gasteiger partial charge in [0, 0.05) is 5.75 Å². The number of nitrogens with one attached hydrogen (secondary N) is 1. The fourth-order valence-corrected chi connectivity index (χ4v) is 2.82. The zero-order chi connectivity index (χ0) is 12.9. The highest BCUT2D eigenvalue weighted by atomic mass is 32.2. The van der Waals surface area contributed by atoms with Crippen LogP contribution in [0.4, 0.5) is 13.2 Å². The molecule has 0 amide bonds. The lowest BCUT2D eigenvalue weighted by Crippen LogP contribution is -2.36. The Morgan fingerprint density at radius 3 is 2.35 bits per heavy atom. The summed E-state index contributed by atoms with van der Waals surface area (Å²) >= 11 is 0.122. The molecule has 0 spiro atoms. The van der Waals surface area contributed by atoms with Crippen molar-refractivity contribution in [2.24, 2.45) is 17.8 Å². The van der Waals surface area contributed by atoms with Gasteiger partial charge in [-0.3, -0.25) is 0 Å². The largest absolute Gasteiger partial charge is 0.441 e. The summed E-state index contributed by atoms with van der Waals surface area (Å²) in [5.74, 6) is 1.95. The van der Waals surface area contributed by atoms with Gasteiger partial charge in [0.25, 0.3) is 0 Å². The van der Waals surface area contributed by atoms with Gasteiger partial charge in [0.1, 0.15) is 0 Å². The second-order valence-electron chi connectivity index (χ2n) is 5.23. The lowest BCUT2D eigenvalue weighted by molar-refractivity contribution is -0.0329. The molecule has 0 heterocycles. The van der Waals surface area contributed by atoms with Crippen molar-refractivity contribution in [3.63, 3.8) is 0 Å². The monoisotopic (exact) mass is 269 g/mol. The van der Waals surface area contributed by atoms with Gasteiger partial charge >= 0.3 is 5.51 Å². The Kier molecular flexibility index (Phi) is 6.13. The van der Waals surface area contributed by atoms with Gasteiger partial charge in [-0.1, -0.05) is 25.6 Å². The molecule has 0 aliphatic heterocycles. The van der Waals surface area contributed by atoms with E-state index in [4.69, 9.17) is 0 Å². The molecular weight excluding hydrogens is 247 g/mol. The van der Waals surface area contributed by atoms with E-state index in [-0.39, 0.29) is 17.5 Å². The van der Waals surface area contributed by atoms with Crippen LogP contribution in [0.2, 0.25) is 0 Å². The first-order chi connectivity index (χ1) is 7.88. The van der Waals surface area contributed by atoms with Crippen LogP contribution in [0.15, 0.2) is 0 Å². The summed E-state index contributed by atoms with van der Waals surface area (Å²) in [4.78, 5) is 0. The van der Waals surface area contributed by atoms with Crippen LogP contribution in [-0.4, -0.2) is 24.4 Å². The summed E-state index contributed by atoms with van der Waals surface area (Å²) in [6.07, 6.45) is 2.98. The molecule has 0 aromatic rings. The predicted octanol–water partition coefficient (Wildman–Crippen LogP) is 3.90. The summed E-state index contributed by atoms with van der Waals surface area (Å²) in [5.41, 5.74) is -4.06. The van der Waals surface area contributed by atoms with Gasteiger partial charge in [0.2, 0.25) is 0 Å². The number of halogens is 3. The van der Waals surface area contributed by atoms with Gasteiger partial charge in [-0.05, 0) is 50.1 Å². The van der Waals surface area contributed by atoms with Crippen molar-refractivity contribution in [1.29, 1.82) is 0 Å². The van der Waals surface area contributed by atoms with Crippen LogP contribution in [0.5, 0.6) is 0 Å². The molecule has 0 bridgehead atoms. The van der Waals surface area contributed by atoms with Crippen molar-refractivity contribution in [3.8, 4) is 0 Å². The quantitative estimate of drug-likeness (QED) is 0.752. The molecule has 1 saturated carbocycles. The normalized spacial score (nSPS) is 25.1. The zero-order valence-electron chi connectivity index (χ0n) is 10.5. The zero-order valence-corrected chi connectivity index (χ0v) is 11.3. The minimum absolute atomic E-state index is 0.122. The molecule has 1 fully saturated rings. The van der Waals surface area contributed by atoms with Crippen LogP contribution >= 0.6 is 11.8 Å². The van der Waals surface area contributed by atoms with Crippen molar-refractivity contribution in [2.45, 2.75) is 38.6 Å². The van der Waals surface area contributed by atoms with Crippen LogP contribution in [0, 0.1) is 17.8 Å². The van der Waals surface area contributed by atoms with E-state index in [1.165, 1.54) is 6.42 Å². The minimum atomic E-state index is -4.06. The maximum absolute atomic E-state index is 12.0. The van der Waals surface area contributed by atoms with Gasteiger partial charge < -0.3 is 5.32 Å². The number of rotatable bonds is 7. The van der Waals surface area contributed by atoms with Crippen molar-refractivity contribution in [2.75, 3.05) is 18.8 Å². The fraction of sp³-hybridized carbons (Fsp3) is 1.00. The summed E-state index contributed by atoms with van der Waals surface area (Å²) < 4.78 is 35.9. The van der Waals surface area contributed by atoms with E-state index < -0.39 is 5.51 Å². The van der Waals surface area contributed by atoms with Gasteiger partial charge in [-0.15, -0.1) is 0 Å². The molecule has 17 heavy (non-hydrogen) atoms. The van der Waals surface area contributed by atoms with Crippen molar-refractivity contribution in [1.82, 2.24) is 5.32 Å². The molecule has 0 aromatic carbocycles. The summed E-state index contributed by atoms with van der Waals surface area (Å²) in [7, 11) is 0. The molecule has 102 valence electrons. The Morgan fingerprint density at radius 1 is 1.24 bits per heavy atom. The molecule has 5 heteroatoms. The second-order valence-corrected chi connectivity index (χ2v) is 6.39. The first-order valence-electron chi connectivity index (χ1n) is 6.30. The number of hydrogen-bond acceptors (Lipinski definition) is 2. The number of alkyl halides is 3. The average molecular weight is 269 g/mol. The lowest BCUT2D eigenvalue weighted by Gasteiger charge is -2.37. The number of thioether (sulfide) groups is 1. The average Bonchev–Trinajstić information content (AvgIpc) is 2.15. The Balaban J connectivity index is 2.06. The van der Waals surface area contributed by atoms with Crippen LogP contribution in [0.3, 0.4) is 0 Å². The first-order valence-corrected chi connectivity index (χ1v) is 7.28. The van der Waals surface area contributed by atoms with E-state index >= 15 is 0 Å². The Labute approximate surface area is 106 Å². The molecular formula is C12H22F3NS. The van der Waals surface area contributed by atoms with Crippen LogP contribution in [-0.2, 0) is 0 Å². The highest BCUT2D eigenvalue weighted by Crippen LogP contribution is 2.39. The highest BCUT2D eigenvalue weighted by Gasteiger charge is 2.32. The molecule has 0 radical (unpaired) electrons. The first kappa shape index (κ1) is 15.2. The van der Waals surface area contributed by atoms with E-state index in [1.807, 2.05) is 0 Å². The minimum Gasteiger partial charge on any atom is -0.316 e. The molecule has 0 saturated heterocycles. The predicted molar refractivity (Wildman–Crippen MR) is 67.1 cm³/mol. The maximum Gasteiger partial charge on any atom is 0.441 e. The van der Waals surface area contributed by atoms with E-state index in [0.29, 0.717) is 24.2 Å². The Hall–Kier alpha value is 0.100. The van der Waals surface area contributed by atoms with E-state index in [9.17, 15) is 13.2 Å². The third-order valence-corrected chi connectivity index (χ3v) is 4.06. The Bertz CT molecular complexity index is 218. The van der Waals surface area contributed by atoms with E-state index in [0.717, 1.165) is 19.5 Å². The van der Waals surface area contributed by atoms with Crippen LogP contribution < -0.4 is 5.32 Å². The fourth-order valence-electron chi connectivity index (χ4n) is 2.17. The lowest BCUT2D eigenvalue weighted by atomic mass is 9.72. The smallest absolute Gasteiger partial charge is 0.316 e. The van der Waals surface area contributed by atoms with E-state index in [1.54, 1.807) is 0 Å². The van der Waals surface area contributed by atoms with Gasteiger partial charge in [-0.25, -0.2) is 0 Å². The molecule has 1 aliphatic rings. The number of hydrogen-bond donors (Lipinski definition) is 1. The van der Waals surface area contributed by atoms with Crippen molar-refractivity contribution in [3.05, 3.63) is 0 Å². The molecule has 1 N–H and O–H groups in total. The molecule has 1 aliphatic carbocycles. The summed E-state index contributed by atoms with van der Waals surface area (Å²) in [6, 6.07) is 0.